The molecule has 0 aromatic heterocycles. The predicted molar refractivity (Wildman–Crippen MR) is 103 cm³/mol. The number of thioether (sulfide) groups is 1. The molecule has 0 bridgehead atoms. The Bertz CT molecular complexity index is 929. The van der Waals surface area contributed by atoms with Crippen molar-refractivity contribution < 1.29 is 19.4 Å². The van der Waals surface area contributed by atoms with Gasteiger partial charge < -0.3 is 9.84 Å². The second-order valence-corrected chi connectivity index (χ2v) is 7.25. The summed E-state index contributed by atoms with van der Waals surface area (Å²) in [5, 5.41) is 10.3. The van der Waals surface area contributed by atoms with Crippen molar-refractivity contribution in [2.75, 3.05) is 7.11 Å². The molecule has 0 saturated carbocycles. The van der Waals surface area contributed by atoms with E-state index in [4.69, 9.17) is 27.9 Å². The molecule has 26 heavy (non-hydrogen) atoms. The molecule has 2 aromatic rings. The van der Waals surface area contributed by atoms with E-state index in [2.05, 4.69) is 0 Å². The summed E-state index contributed by atoms with van der Waals surface area (Å²) in [6.07, 6.45) is 1.47. The molecule has 0 radical (unpaired) electrons. The molecular weight excluding hydrogens is 397 g/mol. The molecule has 0 spiro atoms. The Labute approximate surface area is 164 Å². The maximum Gasteiger partial charge on any atom is 0.293 e. The van der Waals surface area contributed by atoms with Crippen LogP contribution in [-0.2, 0) is 11.3 Å². The lowest BCUT2D eigenvalue weighted by Crippen LogP contribution is -2.27. The van der Waals surface area contributed by atoms with Crippen LogP contribution in [0.4, 0.5) is 4.79 Å². The lowest BCUT2D eigenvalue weighted by atomic mass is 10.1. The number of imide groups is 1. The fraction of sp³-hybridized carbons (Fsp3) is 0.111. The Morgan fingerprint density at radius 3 is 2.62 bits per heavy atom. The minimum Gasteiger partial charge on any atom is -0.507 e. The van der Waals surface area contributed by atoms with E-state index >= 15 is 0 Å². The molecule has 3 rings (SSSR count). The highest BCUT2D eigenvalue weighted by Crippen LogP contribution is 2.36. The van der Waals surface area contributed by atoms with Gasteiger partial charge in [0.25, 0.3) is 11.1 Å². The van der Waals surface area contributed by atoms with Crippen molar-refractivity contribution in [1.82, 2.24) is 4.90 Å². The first-order valence-corrected chi connectivity index (χ1v) is 9.02. The van der Waals surface area contributed by atoms with Crippen LogP contribution in [0.1, 0.15) is 11.1 Å². The van der Waals surface area contributed by atoms with Gasteiger partial charge in [0, 0.05) is 5.56 Å². The Hall–Kier alpha value is -2.15. The van der Waals surface area contributed by atoms with E-state index in [1.54, 1.807) is 30.3 Å². The fourth-order valence-electron chi connectivity index (χ4n) is 2.37. The summed E-state index contributed by atoms with van der Waals surface area (Å²) in [6.45, 7) is 0.0863. The lowest BCUT2D eigenvalue weighted by Gasteiger charge is -2.13. The van der Waals surface area contributed by atoms with Gasteiger partial charge in [0.2, 0.25) is 0 Å². The van der Waals surface area contributed by atoms with Crippen LogP contribution in [-0.4, -0.2) is 28.3 Å². The van der Waals surface area contributed by atoms with Crippen molar-refractivity contribution in [1.29, 1.82) is 0 Å². The van der Waals surface area contributed by atoms with Gasteiger partial charge in [-0.15, -0.1) is 0 Å². The summed E-state index contributed by atoms with van der Waals surface area (Å²) in [4.78, 5) is 26.2. The molecule has 1 aliphatic rings. The minimum atomic E-state index is -0.437. The van der Waals surface area contributed by atoms with Crippen LogP contribution >= 0.6 is 35.0 Å². The Morgan fingerprint density at radius 1 is 1.15 bits per heavy atom. The molecule has 1 aliphatic heterocycles. The largest absolute Gasteiger partial charge is 0.507 e. The lowest BCUT2D eigenvalue weighted by molar-refractivity contribution is -0.123. The number of hydrogen-bond donors (Lipinski definition) is 1. The molecular formula is C18H13Cl2NO4S. The quantitative estimate of drug-likeness (QED) is 0.723. The number of nitrogens with zero attached hydrogens (tertiary/aromatic N) is 1. The van der Waals surface area contributed by atoms with E-state index < -0.39 is 11.1 Å². The maximum absolute atomic E-state index is 12.6. The first-order valence-electron chi connectivity index (χ1n) is 7.45. The summed E-state index contributed by atoms with van der Waals surface area (Å²) < 4.78 is 5.11. The summed E-state index contributed by atoms with van der Waals surface area (Å²) in [5.74, 6) is 0.0828. The number of hydrogen-bond acceptors (Lipinski definition) is 5. The molecule has 2 amide bonds. The smallest absolute Gasteiger partial charge is 0.293 e. The van der Waals surface area contributed by atoms with E-state index in [0.717, 1.165) is 16.7 Å². The summed E-state index contributed by atoms with van der Waals surface area (Å²) >= 11 is 12.7. The molecule has 1 saturated heterocycles. The monoisotopic (exact) mass is 409 g/mol. The van der Waals surface area contributed by atoms with Crippen molar-refractivity contribution >= 4 is 52.2 Å². The zero-order valence-electron chi connectivity index (χ0n) is 13.5. The number of carbonyl (C=O) groups is 2. The van der Waals surface area contributed by atoms with Gasteiger partial charge in [-0.05, 0) is 53.7 Å². The molecule has 1 fully saturated rings. The number of phenols is 1. The van der Waals surface area contributed by atoms with Gasteiger partial charge in [0.05, 0.1) is 28.6 Å². The average molecular weight is 410 g/mol. The van der Waals surface area contributed by atoms with Gasteiger partial charge in [-0.3, -0.25) is 14.5 Å². The number of carbonyl (C=O) groups excluding carboxylic acids is 2. The molecule has 1 N–H and O–H groups in total. The molecule has 0 aliphatic carbocycles. The van der Waals surface area contributed by atoms with Crippen molar-refractivity contribution in [2.45, 2.75) is 6.54 Å². The molecule has 1 heterocycles. The van der Waals surface area contributed by atoms with Crippen LogP contribution in [0.5, 0.6) is 11.5 Å². The van der Waals surface area contributed by atoms with E-state index in [-0.39, 0.29) is 17.2 Å². The highest BCUT2D eigenvalue weighted by Gasteiger charge is 2.35. The second kappa shape index (κ2) is 7.61. The van der Waals surface area contributed by atoms with Crippen LogP contribution in [0.25, 0.3) is 6.08 Å². The SMILES string of the molecule is COc1ccc(O)c(/C=C2\SC(=O)N(Cc3ccc(Cl)c(Cl)c3)C2=O)c1. The number of ether oxygens (including phenoxy) is 1. The van der Waals surface area contributed by atoms with E-state index in [9.17, 15) is 14.7 Å². The Kier molecular flexibility index (Phi) is 5.46. The van der Waals surface area contributed by atoms with Gasteiger partial charge in [-0.1, -0.05) is 29.3 Å². The predicted octanol–water partition coefficient (Wildman–Crippen LogP) is 4.94. The molecule has 0 unspecified atom stereocenters. The van der Waals surface area contributed by atoms with Gasteiger partial charge in [-0.2, -0.15) is 0 Å². The Morgan fingerprint density at radius 2 is 1.92 bits per heavy atom. The van der Waals surface area contributed by atoms with Crippen molar-refractivity contribution in [2.24, 2.45) is 0 Å². The first kappa shape index (κ1) is 18.6. The van der Waals surface area contributed by atoms with Crippen LogP contribution in [0, 0.1) is 0 Å². The molecule has 2 aromatic carbocycles. The van der Waals surface area contributed by atoms with Gasteiger partial charge >= 0.3 is 0 Å². The number of phenolic OH excluding ortho intramolecular Hbond substituents is 1. The van der Waals surface area contributed by atoms with Crippen molar-refractivity contribution in [3.8, 4) is 11.5 Å². The minimum absolute atomic E-state index is 0.0120. The molecule has 0 atom stereocenters. The average Bonchev–Trinajstić information content (AvgIpc) is 2.87. The highest BCUT2D eigenvalue weighted by atomic mass is 35.5. The standard InChI is InChI=1S/C18H13Cl2NO4S/c1-25-12-3-5-15(22)11(7-12)8-16-17(23)21(18(24)26-16)9-10-2-4-13(19)14(20)6-10/h2-8,22H,9H2,1H3/b16-8-. The van der Waals surface area contributed by atoms with Crippen LogP contribution in [0.2, 0.25) is 10.0 Å². The topological polar surface area (TPSA) is 66.8 Å². The summed E-state index contributed by atoms with van der Waals surface area (Å²) in [7, 11) is 1.50. The van der Waals surface area contributed by atoms with Crippen molar-refractivity contribution in [3.63, 3.8) is 0 Å². The number of benzene rings is 2. The third kappa shape index (κ3) is 3.82. The molecule has 134 valence electrons. The highest BCUT2D eigenvalue weighted by molar-refractivity contribution is 8.18. The van der Waals surface area contributed by atoms with Gasteiger partial charge in [0.1, 0.15) is 11.5 Å². The normalized spacial score (nSPS) is 15.8. The number of methoxy groups -OCH3 is 1. The maximum atomic E-state index is 12.6. The fourth-order valence-corrected chi connectivity index (χ4v) is 3.52. The molecule has 8 heteroatoms. The third-order valence-electron chi connectivity index (χ3n) is 3.72. The summed E-state index contributed by atoms with van der Waals surface area (Å²) in [5.41, 5.74) is 1.08. The zero-order valence-corrected chi connectivity index (χ0v) is 15.9. The van der Waals surface area contributed by atoms with Crippen LogP contribution in [0.3, 0.4) is 0 Å². The Balaban J connectivity index is 1.85. The van der Waals surface area contributed by atoms with Crippen molar-refractivity contribution in [3.05, 3.63) is 62.5 Å². The third-order valence-corrected chi connectivity index (χ3v) is 5.37. The first-order chi connectivity index (χ1) is 12.4. The van der Waals surface area contributed by atoms with E-state index in [1.807, 2.05) is 0 Å². The molecule has 5 nitrogen and oxygen atoms in total. The van der Waals surface area contributed by atoms with Crippen LogP contribution in [0.15, 0.2) is 41.3 Å². The van der Waals surface area contributed by atoms with Crippen LogP contribution < -0.4 is 4.74 Å². The number of halogens is 2. The second-order valence-electron chi connectivity index (χ2n) is 5.44. The number of rotatable bonds is 4. The number of aromatic hydroxyl groups is 1. The number of amides is 2. The van der Waals surface area contributed by atoms with E-state index in [1.165, 1.54) is 19.3 Å². The van der Waals surface area contributed by atoms with Gasteiger partial charge in [-0.25, -0.2) is 0 Å². The van der Waals surface area contributed by atoms with Gasteiger partial charge in [0.15, 0.2) is 0 Å². The summed E-state index contributed by atoms with van der Waals surface area (Å²) in [6, 6.07) is 9.58. The zero-order chi connectivity index (χ0) is 18.8. The van der Waals surface area contributed by atoms with E-state index in [0.29, 0.717) is 26.9 Å².